The molecule has 4 nitrogen and oxygen atoms in total. The van der Waals surface area contributed by atoms with Crippen molar-refractivity contribution in [2.75, 3.05) is 26.2 Å². The Morgan fingerprint density at radius 2 is 1.67 bits per heavy atom. The van der Waals surface area contributed by atoms with Gasteiger partial charge in [-0.1, -0.05) is 17.7 Å². The average Bonchev–Trinajstić information content (AvgIpc) is 2.86. The second-order valence-corrected chi connectivity index (χ2v) is 7.73. The maximum absolute atomic E-state index is 12.5. The van der Waals surface area contributed by atoms with Crippen molar-refractivity contribution in [3.63, 3.8) is 0 Å². The molecular formula is C16H26N2O2S. The summed E-state index contributed by atoms with van der Waals surface area (Å²) < 4.78 is 27.7. The van der Waals surface area contributed by atoms with E-state index < -0.39 is 10.0 Å². The zero-order valence-corrected chi connectivity index (χ0v) is 14.1. The van der Waals surface area contributed by atoms with E-state index in [4.69, 9.17) is 0 Å². The van der Waals surface area contributed by atoms with Crippen LogP contribution in [0.15, 0.2) is 17.0 Å². The molecule has 1 aromatic carbocycles. The number of nitrogens with zero attached hydrogens (tertiary/aromatic N) is 1. The predicted octanol–water partition coefficient (Wildman–Crippen LogP) is 2.38. The van der Waals surface area contributed by atoms with Crippen LogP contribution in [0.2, 0.25) is 0 Å². The second kappa shape index (κ2) is 6.90. The number of nitrogens with one attached hydrogen (secondary N) is 1. The first-order valence-corrected chi connectivity index (χ1v) is 9.18. The fourth-order valence-corrected chi connectivity index (χ4v) is 4.70. The van der Waals surface area contributed by atoms with Gasteiger partial charge in [-0.25, -0.2) is 13.1 Å². The predicted molar refractivity (Wildman–Crippen MR) is 86.1 cm³/mol. The SMILES string of the molecule is Cc1cc(C)c(S(=O)(=O)NCCCN2CCCC2)c(C)c1. The molecule has 118 valence electrons. The third-order valence-corrected chi connectivity index (χ3v) is 5.78. The quantitative estimate of drug-likeness (QED) is 0.821. The minimum Gasteiger partial charge on any atom is -0.303 e. The Labute approximate surface area is 128 Å². The Hall–Kier alpha value is -0.910. The zero-order chi connectivity index (χ0) is 15.5. The van der Waals surface area contributed by atoms with Gasteiger partial charge >= 0.3 is 0 Å². The van der Waals surface area contributed by atoms with Gasteiger partial charge in [0.05, 0.1) is 4.90 Å². The third-order valence-electron chi connectivity index (χ3n) is 4.02. The third kappa shape index (κ3) is 4.28. The normalized spacial score (nSPS) is 16.5. The summed E-state index contributed by atoms with van der Waals surface area (Å²) in [7, 11) is -3.40. The van der Waals surface area contributed by atoms with Crippen LogP contribution in [0.1, 0.15) is 36.0 Å². The van der Waals surface area contributed by atoms with E-state index in [-0.39, 0.29) is 0 Å². The largest absolute Gasteiger partial charge is 0.303 e. The van der Waals surface area contributed by atoms with Crippen LogP contribution in [0.5, 0.6) is 0 Å². The lowest BCUT2D eigenvalue weighted by atomic mass is 10.1. The summed E-state index contributed by atoms with van der Waals surface area (Å²) in [5.41, 5.74) is 2.73. The lowest BCUT2D eigenvalue weighted by Gasteiger charge is -2.16. The van der Waals surface area contributed by atoms with E-state index in [0.29, 0.717) is 11.4 Å². The van der Waals surface area contributed by atoms with Crippen LogP contribution >= 0.6 is 0 Å². The standard InChI is InChI=1S/C16H26N2O2S/c1-13-11-14(2)16(15(3)12-13)21(19,20)17-7-6-10-18-8-4-5-9-18/h11-12,17H,4-10H2,1-3H3. The van der Waals surface area contributed by atoms with E-state index in [1.165, 1.54) is 12.8 Å². The summed E-state index contributed by atoms with van der Waals surface area (Å²) in [5, 5.41) is 0. The number of aryl methyl sites for hydroxylation is 3. The summed E-state index contributed by atoms with van der Waals surface area (Å²) in [5.74, 6) is 0. The Morgan fingerprint density at radius 1 is 1.10 bits per heavy atom. The first-order valence-electron chi connectivity index (χ1n) is 7.70. The molecule has 0 aromatic heterocycles. The number of hydrogen-bond donors (Lipinski definition) is 1. The van der Waals surface area contributed by atoms with Gasteiger partial charge in [0.1, 0.15) is 0 Å². The molecule has 1 fully saturated rings. The Kier molecular flexibility index (Phi) is 5.41. The van der Waals surface area contributed by atoms with Crippen molar-refractivity contribution < 1.29 is 8.42 Å². The topological polar surface area (TPSA) is 49.4 Å². The molecule has 1 N–H and O–H groups in total. The summed E-state index contributed by atoms with van der Waals surface area (Å²) in [4.78, 5) is 2.84. The molecule has 0 saturated carbocycles. The lowest BCUT2D eigenvalue weighted by Crippen LogP contribution is -2.29. The molecule has 1 aliphatic rings. The minimum absolute atomic E-state index is 0.439. The first-order chi connectivity index (χ1) is 9.90. The van der Waals surface area contributed by atoms with E-state index in [1.807, 2.05) is 32.9 Å². The summed E-state index contributed by atoms with van der Waals surface area (Å²) in [6.07, 6.45) is 3.41. The molecule has 0 amide bonds. The Bertz CT molecular complexity index is 567. The molecule has 1 aromatic rings. The van der Waals surface area contributed by atoms with Gasteiger partial charge < -0.3 is 4.90 Å². The van der Waals surface area contributed by atoms with Crippen molar-refractivity contribution in [3.05, 3.63) is 28.8 Å². The highest BCUT2D eigenvalue weighted by atomic mass is 32.2. The minimum atomic E-state index is -3.40. The van der Waals surface area contributed by atoms with Gasteiger partial charge in [0.25, 0.3) is 0 Å². The maximum Gasteiger partial charge on any atom is 0.241 e. The highest BCUT2D eigenvalue weighted by molar-refractivity contribution is 7.89. The fourth-order valence-electron chi connectivity index (χ4n) is 3.18. The van der Waals surface area contributed by atoms with Crippen molar-refractivity contribution in [1.29, 1.82) is 0 Å². The zero-order valence-electron chi connectivity index (χ0n) is 13.3. The lowest BCUT2D eigenvalue weighted by molar-refractivity contribution is 0.334. The molecule has 1 aliphatic heterocycles. The molecule has 0 radical (unpaired) electrons. The fraction of sp³-hybridized carbons (Fsp3) is 0.625. The van der Waals surface area contributed by atoms with E-state index in [9.17, 15) is 8.42 Å². The number of hydrogen-bond acceptors (Lipinski definition) is 3. The molecule has 21 heavy (non-hydrogen) atoms. The van der Waals surface area contributed by atoms with Crippen molar-refractivity contribution in [3.8, 4) is 0 Å². The van der Waals surface area contributed by atoms with Crippen LogP contribution in [0.3, 0.4) is 0 Å². The van der Waals surface area contributed by atoms with E-state index in [0.717, 1.165) is 42.7 Å². The molecule has 0 unspecified atom stereocenters. The van der Waals surface area contributed by atoms with Crippen molar-refractivity contribution in [2.45, 2.75) is 44.9 Å². The number of benzene rings is 1. The highest BCUT2D eigenvalue weighted by Gasteiger charge is 2.19. The molecule has 1 saturated heterocycles. The highest BCUT2D eigenvalue weighted by Crippen LogP contribution is 2.21. The average molecular weight is 310 g/mol. The number of likely N-dealkylation sites (tertiary alicyclic amines) is 1. The van der Waals surface area contributed by atoms with Crippen LogP contribution in [0.25, 0.3) is 0 Å². The van der Waals surface area contributed by atoms with Crippen molar-refractivity contribution in [1.82, 2.24) is 9.62 Å². The molecule has 0 atom stereocenters. The van der Waals surface area contributed by atoms with Gasteiger partial charge in [-0.3, -0.25) is 0 Å². The second-order valence-electron chi connectivity index (χ2n) is 6.03. The Morgan fingerprint density at radius 3 is 2.24 bits per heavy atom. The van der Waals surface area contributed by atoms with Gasteiger partial charge in [0.15, 0.2) is 0 Å². The van der Waals surface area contributed by atoms with E-state index in [2.05, 4.69) is 9.62 Å². The molecule has 2 rings (SSSR count). The molecular weight excluding hydrogens is 284 g/mol. The smallest absolute Gasteiger partial charge is 0.241 e. The van der Waals surface area contributed by atoms with Crippen LogP contribution in [-0.2, 0) is 10.0 Å². The molecule has 0 bridgehead atoms. The summed E-state index contributed by atoms with van der Waals surface area (Å²) >= 11 is 0. The van der Waals surface area contributed by atoms with Crippen molar-refractivity contribution in [2.24, 2.45) is 0 Å². The van der Waals surface area contributed by atoms with Gasteiger partial charge in [-0.15, -0.1) is 0 Å². The summed E-state index contributed by atoms with van der Waals surface area (Å²) in [6, 6.07) is 3.84. The Balaban J connectivity index is 1.95. The van der Waals surface area contributed by atoms with Gasteiger partial charge in [0.2, 0.25) is 10.0 Å². The van der Waals surface area contributed by atoms with Gasteiger partial charge in [-0.2, -0.15) is 0 Å². The van der Waals surface area contributed by atoms with E-state index >= 15 is 0 Å². The van der Waals surface area contributed by atoms with Crippen LogP contribution in [0, 0.1) is 20.8 Å². The molecule has 1 heterocycles. The molecule has 0 spiro atoms. The summed E-state index contributed by atoms with van der Waals surface area (Å²) in [6.45, 7) is 9.50. The van der Waals surface area contributed by atoms with Crippen LogP contribution < -0.4 is 4.72 Å². The van der Waals surface area contributed by atoms with Gasteiger partial charge in [0, 0.05) is 6.54 Å². The van der Waals surface area contributed by atoms with Gasteiger partial charge in [-0.05, 0) is 70.8 Å². The van der Waals surface area contributed by atoms with Crippen LogP contribution in [-0.4, -0.2) is 39.5 Å². The van der Waals surface area contributed by atoms with Crippen LogP contribution in [0.4, 0.5) is 0 Å². The first kappa shape index (κ1) is 16.5. The molecule has 0 aliphatic carbocycles. The van der Waals surface area contributed by atoms with Crippen molar-refractivity contribution >= 4 is 10.0 Å². The number of sulfonamides is 1. The molecule has 5 heteroatoms. The number of rotatable bonds is 6. The monoisotopic (exact) mass is 310 g/mol. The van der Waals surface area contributed by atoms with E-state index in [1.54, 1.807) is 0 Å². The maximum atomic E-state index is 12.5.